The van der Waals surface area contributed by atoms with Crippen molar-refractivity contribution >= 4 is 21.8 Å². The molecule has 1 atom stereocenters. The highest BCUT2D eigenvalue weighted by Gasteiger charge is 2.20. The summed E-state index contributed by atoms with van der Waals surface area (Å²) in [4.78, 5) is 17.0. The van der Waals surface area contributed by atoms with Gasteiger partial charge in [0, 0.05) is 21.7 Å². The number of nitrogens with one attached hydrogen (secondary N) is 1. The molecule has 1 heterocycles. The lowest BCUT2D eigenvalue weighted by molar-refractivity contribution is 0.0943. The summed E-state index contributed by atoms with van der Waals surface area (Å²) in [6.07, 6.45) is 0. The number of pyridine rings is 1. The van der Waals surface area contributed by atoms with E-state index in [1.54, 1.807) is 19.1 Å². The molecular weight excluding hydrogens is 428 g/mol. The summed E-state index contributed by atoms with van der Waals surface area (Å²) in [5.74, 6) is -2.22. The Morgan fingerprint density at radius 2 is 1.96 bits per heavy atom. The van der Waals surface area contributed by atoms with Crippen LogP contribution in [0.4, 0.5) is 8.78 Å². The minimum atomic E-state index is -1.25. The number of hydrogen-bond donors (Lipinski definition) is 1. The van der Waals surface area contributed by atoms with Crippen LogP contribution in [0.25, 0.3) is 11.3 Å². The van der Waals surface area contributed by atoms with Crippen molar-refractivity contribution in [3.05, 3.63) is 87.5 Å². The maximum Gasteiger partial charge on any atom is 0.254 e. The normalized spacial score (nSPS) is 11.5. The van der Waals surface area contributed by atoms with E-state index < -0.39 is 23.6 Å². The Bertz CT molecular complexity index is 1100. The molecule has 0 aliphatic heterocycles. The van der Waals surface area contributed by atoms with Gasteiger partial charge >= 0.3 is 0 Å². The summed E-state index contributed by atoms with van der Waals surface area (Å²) in [7, 11) is 0. The second-order valence-electron chi connectivity index (χ2n) is 6.04. The van der Waals surface area contributed by atoms with Gasteiger partial charge in [-0.25, -0.2) is 8.78 Å². The molecule has 0 spiro atoms. The molecule has 0 bridgehead atoms. The summed E-state index contributed by atoms with van der Waals surface area (Å²) in [5, 5.41) is 11.8. The van der Waals surface area contributed by atoms with E-state index in [2.05, 4.69) is 26.2 Å². The van der Waals surface area contributed by atoms with Crippen LogP contribution >= 0.6 is 15.9 Å². The monoisotopic (exact) mass is 441 g/mol. The predicted molar refractivity (Wildman–Crippen MR) is 104 cm³/mol. The van der Waals surface area contributed by atoms with Crippen LogP contribution < -0.4 is 5.32 Å². The zero-order valence-corrected chi connectivity index (χ0v) is 16.3. The highest BCUT2D eigenvalue weighted by atomic mass is 79.9. The number of carbonyl (C=O) groups is 1. The van der Waals surface area contributed by atoms with Crippen molar-refractivity contribution in [2.24, 2.45) is 0 Å². The van der Waals surface area contributed by atoms with Gasteiger partial charge in [-0.2, -0.15) is 5.26 Å². The first-order valence-electron chi connectivity index (χ1n) is 8.28. The number of aryl methyl sites for hydroxylation is 1. The van der Waals surface area contributed by atoms with Gasteiger partial charge in [-0.3, -0.25) is 9.78 Å². The molecule has 140 valence electrons. The van der Waals surface area contributed by atoms with Gasteiger partial charge in [0.15, 0.2) is 0 Å². The minimum Gasteiger partial charge on any atom is -0.332 e. The number of rotatable bonds is 4. The molecule has 3 aromatic rings. The third-order valence-electron chi connectivity index (χ3n) is 4.13. The Balaban J connectivity index is 1.85. The molecule has 2 aromatic carbocycles. The van der Waals surface area contributed by atoms with E-state index in [-0.39, 0.29) is 11.1 Å². The first-order valence-corrected chi connectivity index (χ1v) is 9.07. The molecule has 28 heavy (non-hydrogen) atoms. The van der Waals surface area contributed by atoms with Crippen molar-refractivity contribution in [3.63, 3.8) is 0 Å². The number of hydrogen-bond acceptors (Lipinski definition) is 3. The summed E-state index contributed by atoms with van der Waals surface area (Å²) in [5.41, 5.74) is 2.20. The van der Waals surface area contributed by atoms with Crippen LogP contribution in [-0.2, 0) is 0 Å². The van der Waals surface area contributed by atoms with E-state index in [0.29, 0.717) is 17.5 Å². The number of nitriles is 1. The maximum absolute atomic E-state index is 13.9. The van der Waals surface area contributed by atoms with Gasteiger partial charge < -0.3 is 5.32 Å². The van der Waals surface area contributed by atoms with Crippen LogP contribution in [0.1, 0.15) is 27.7 Å². The quantitative estimate of drug-likeness (QED) is 0.612. The smallest absolute Gasteiger partial charge is 0.254 e. The minimum absolute atomic E-state index is 0.103. The summed E-state index contributed by atoms with van der Waals surface area (Å²) < 4.78 is 27.9. The maximum atomic E-state index is 13.9. The molecule has 0 aliphatic rings. The lowest BCUT2D eigenvalue weighted by Gasteiger charge is -2.14. The molecule has 1 amide bonds. The highest BCUT2D eigenvalue weighted by Crippen LogP contribution is 2.23. The fourth-order valence-corrected chi connectivity index (χ4v) is 3.13. The van der Waals surface area contributed by atoms with Crippen molar-refractivity contribution < 1.29 is 13.6 Å². The first-order chi connectivity index (χ1) is 13.4. The molecule has 1 aromatic heterocycles. The van der Waals surface area contributed by atoms with Crippen molar-refractivity contribution in [3.8, 4) is 17.3 Å². The average molecular weight is 442 g/mol. The van der Waals surface area contributed by atoms with Crippen molar-refractivity contribution in [1.29, 1.82) is 5.26 Å². The third-order valence-corrected chi connectivity index (χ3v) is 4.62. The first kappa shape index (κ1) is 19.6. The topological polar surface area (TPSA) is 65.8 Å². The van der Waals surface area contributed by atoms with E-state index in [1.807, 2.05) is 30.3 Å². The predicted octanol–water partition coefficient (Wildman–Crippen LogP) is 5.09. The molecule has 3 rings (SSSR count). The van der Waals surface area contributed by atoms with Gasteiger partial charge in [-0.05, 0) is 37.3 Å². The molecular formula is C21H14BrF2N3O. The second kappa shape index (κ2) is 8.28. The van der Waals surface area contributed by atoms with Crippen LogP contribution in [0, 0.1) is 29.9 Å². The summed E-state index contributed by atoms with van der Waals surface area (Å²) >= 11 is 3.41. The Kier molecular flexibility index (Phi) is 5.81. The Labute approximate surface area is 169 Å². The van der Waals surface area contributed by atoms with E-state index >= 15 is 0 Å². The van der Waals surface area contributed by atoms with Gasteiger partial charge in [0.2, 0.25) is 0 Å². The number of aromatic nitrogens is 1. The van der Waals surface area contributed by atoms with Gasteiger partial charge in [0.05, 0.1) is 23.0 Å². The molecule has 0 fully saturated rings. The molecule has 1 N–H and O–H groups in total. The largest absolute Gasteiger partial charge is 0.332 e. The summed E-state index contributed by atoms with van der Waals surface area (Å²) in [6.45, 7) is 1.68. The summed E-state index contributed by atoms with van der Waals surface area (Å²) in [6, 6.07) is 14.3. The van der Waals surface area contributed by atoms with E-state index in [1.165, 1.54) is 0 Å². The van der Waals surface area contributed by atoms with Crippen molar-refractivity contribution in [1.82, 2.24) is 10.3 Å². The fraction of sp³-hybridized carbons (Fsp3) is 0.0952. The van der Waals surface area contributed by atoms with Crippen LogP contribution in [0.2, 0.25) is 0 Å². The average Bonchev–Trinajstić information content (AvgIpc) is 2.66. The van der Waals surface area contributed by atoms with Crippen LogP contribution in [0.15, 0.2) is 59.1 Å². The molecule has 0 aliphatic carbocycles. The lowest BCUT2D eigenvalue weighted by atomic mass is 10.1. The molecule has 0 saturated carbocycles. The van der Waals surface area contributed by atoms with Crippen molar-refractivity contribution in [2.75, 3.05) is 0 Å². The van der Waals surface area contributed by atoms with E-state index in [0.717, 1.165) is 22.2 Å². The number of halogens is 3. The second-order valence-corrected chi connectivity index (χ2v) is 6.96. The fourth-order valence-electron chi connectivity index (χ4n) is 2.73. The lowest BCUT2D eigenvalue weighted by Crippen LogP contribution is -2.29. The highest BCUT2D eigenvalue weighted by molar-refractivity contribution is 9.10. The van der Waals surface area contributed by atoms with Crippen LogP contribution in [-0.4, -0.2) is 10.9 Å². The molecule has 1 unspecified atom stereocenters. The Hall–Kier alpha value is -3.11. The van der Waals surface area contributed by atoms with Gasteiger partial charge in [0.25, 0.3) is 5.91 Å². The zero-order chi connectivity index (χ0) is 20.3. The number of nitrogens with zero attached hydrogens (tertiary/aromatic N) is 2. The van der Waals surface area contributed by atoms with E-state index in [4.69, 9.17) is 0 Å². The molecule has 4 nitrogen and oxygen atoms in total. The number of benzene rings is 2. The van der Waals surface area contributed by atoms with Gasteiger partial charge in [0.1, 0.15) is 17.7 Å². The molecule has 0 radical (unpaired) electrons. The number of carbonyl (C=O) groups excluding carboxylic acids is 1. The molecule has 7 heteroatoms. The van der Waals surface area contributed by atoms with Crippen LogP contribution in [0.5, 0.6) is 0 Å². The van der Waals surface area contributed by atoms with E-state index in [9.17, 15) is 18.8 Å². The Morgan fingerprint density at radius 1 is 1.18 bits per heavy atom. The SMILES string of the molecule is Cc1nc(-c2cccc(Br)c2)ccc1C(=O)NC(C#N)c1ccc(F)cc1F. The van der Waals surface area contributed by atoms with Gasteiger partial charge in [-0.1, -0.05) is 34.1 Å². The van der Waals surface area contributed by atoms with Crippen LogP contribution in [0.3, 0.4) is 0 Å². The zero-order valence-electron chi connectivity index (χ0n) is 14.7. The standard InChI is InChI=1S/C21H14BrF2N3O/c1-12-16(7-8-19(26-12)13-3-2-4-14(22)9-13)21(28)27-20(11-25)17-6-5-15(23)10-18(17)24/h2-10,20H,1H3,(H,27,28). The van der Waals surface area contributed by atoms with Gasteiger partial charge in [-0.15, -0.1) is 0 Å². The number of amides is 1. The Morgan fingerprint density at radius 3 is 2.61 bits per heavy atom. The third kappa shape index (κ3) is 4.24. The molecule has 0 saturated heterocycles. The van der Waals surface area contributed by atoms with Crippen molar-refractivity contribution in [2.45, 2.75) is 13.0 Å².